The van der Waals surface area contributed by atoms with Gasteiger partial charge in [-0.15, -0.1) is 0 Å². The van der Waals surface area contributed by atoms with Crippen molar-refractivity contribution in [1.29, 1.82) is 5.26 Å². The van der Waals surface area contributed by atoms with Gasteiger partial charge < -0.3 is 4.52 Å². The molecule has 0 aromatic rings. The highest BCUT2D eigenvalue weighted by molar-refractivity contribution is 7.86. The minimum atomic E-state index is -4.82. The summed E-state index contributed by atoms with van der Waals surface area (Å²) < 4.78 is 80.9. The van der Waals surface area contributed by atoms with Crippen molar-refractivity contribution >= 4 is 17.7 Å². The Labute approximate surface area is 101 Å². The first kappa shape index (κ1) is 17.3. The van der Waals surface area contributed by atoms with Gasteiger partial charge in [-0.1, -0.05) is 0 Å². The maximum Gasteiger partial charge on any atom is 0.412 e. The van der Waals surface area contributed by atoms with E-state index in [9.17, 15) is 26.2 Å². The summed E-state index contributed by atoms with van der Waals surface area (Å²) in [6, 6.07) is 1.10. The van der Waals surface area contributed by atoms with Crippen LogP contribution in [-0.2, 0) is 27.9 Å². The van der Waals surface area contributed by atoms with Crippen LogP contribution in [0.5, 0.6) is 0 Å². The van der Waals surface area contributed by atoms with Crippen LogP contribution >= 0.6 is 7.60 Å². The van der Waals surface area contributed by atoms with Gasteiger partial charge in [-0.2, -0.15) is 26.9 Å². The summed E-state index contributed by atoms with van der Waals surface area (Å²) in [5.74, 6) is -2.31. The fourth-order valence-electron chi connectivity index (χ4n) is 0.690. The van der Waals surface area contributed by atoms with Gasteiger partial charge >= 0.3 is 13.8 Å². The van der Waals surface area contributed by atoms with Crippen molar-refractivity contribution in [2.24, 2.45) is 0 Å². The largest absolute Gasteiger partial charge is 0.412 e. The smallest absolute Gasteiger partial charge is 0.309 e. The minimum Gasteiger partial charge on any atom is -0.309 e. The highest BCUT2D eigenvalue weighted by atomic mass is 32.2. The standard InChI is InChI=1S/C6H9F3NO6PS/c1-14-17(11,15-4-6(7,8)9)5(3-10)16-18(2,12)13/h5H,4H2,1-2H3. The second-order valence-corrected chi connectivity index (χ2v) is 6.67. The molecule has 0 fully saturated rings. The lowest BCUT2D eigenvalue weighted by molar-refractivity contribution is -0.155. The van der Waals surface area contributed by atoms with Crippen LogP contribution in [0.3, 0.4) is 0 Å². The van der Waals surface area contributed by atoms with Gasteiger partial charge in [0.2, 0.25) is 0 Å². The molecule has 0 aliphatic heterocycles. The lowest BCUT2D eigenvalue weighted by atomic mass is 10.7. The van der Waals surface area contributed by atoms with Crippen molar-refractivity contribution in [3.8, 4) is 6.07 Å². The average molecular weight is 311 g/mol. The Morgan fingerprint density at radius 1 is 1.44 bits per heavy atom. The summed E-state index contributed by atoms with van der Waals surface area (Å²) in [6.07, 6.45) is -4.29. The van der Waals surface area contributed by atoms with Crippen LogP contribution in [0.2, 0.25) is 0 Å². The molecule has 0 N–H and O–H groups in total. The van der Waals surface area contributed by atoms with E-state index in [4.69, 9.17) is 5.26 Å². The summed E-state index contributed by atoms with van der Waals surface area (Å²) in [7, 11) is -8.20. The van der Waals surface area contributed by atoms with E-state index >= 15 is 0 Å². The van der Waals surface area contributed by atoms with Crippen LogP contribution in [0.25, 0.3) is 0 Å². The lowest BCUT2D eigenvalue weighted by Gasteiger charge is -2.20. The molecule has 0 radical (unpaired) electrons. The first-order chi connectivity index (χ1) is 7.93. The molecule has 0 spiro atoms. The van der Waals surface area contributed by atoms with E-state index in [1.54, 1.807) is 0 Å². The molecule has 2 atom stereocenters. The molecule has 0 saturated heterocycles. The Kier molecular flexibility index (Phi) is 5.77. The molecule has 0 bridgehead atoms. The van der Waals surface area contributed by atoms with Crippen LogP contribution in [-0.4, -0.2) is 40.4 Å². The number of nitrogens with zero attached hydrogens (tertiary/aromatic N) is 1. The molecular weight excluding hydrogens is 302 g/mol. The predicted molar refractivity (Wildman–Crippen MR) is 52.0 cm³/mol. The first-order valence-corrected chi connectivity index (χ1v) is 7.51. The maximum absolute atomic E-state index is 11.9. The van der Waals surface area contributed by atoms with Gasteiger partial charge in [0.05, 0.1) is 6.26 Å². The zero-order valence-corrected chi connectivity index (χ0v) is 10.9. The van der Waals surface area contributed by atoms with E-state index < -0.39 is 36.3 Å². The molecule has 0 heterocycles. The molecule has 0 aliphatic carbocycles. The van der Waals surface area contributed by atoms with Crippen molar-refractivity contribution in [3.05, 3.63) is 0 Å². The third-order valence-electron chi connectivity index (χ3n) is 1.33. The first-order valence-electron chi connectivity index (χ1n) is 4.08. The number of halogens is 3. The van der Waals surface area contributed by atoms with Gasteiger partial charge in [-0.3, -0.25) is 9.09 Å². The predicted octanol–water partition coefficient (Wildman–Crippen LogP) is 1.23. The Balaban J connectivity index is 5.02. The Bertz CT molecular complexity index is 469. The van der Waals surface area contributed by atoms with Crippen molar-refractivity contribution in [2.75, 3.05) is 20.0 Å². The molecule has 18 heavy (non-hydrogen) atoms. The van der Waals surface area contributed by atoms with Crippen molar-refractivity contribution < 1.29 is 39.4 Å². The Hall–Kier alpha value is -0.660. The molecule has 0 amide bonds. The monoisotopic (exact) mass is 311 g/mol. The van der Waals surface area contributed by atoms with Crippen LogP contribution < -0.4 is 0 Å². The molecule has 0 aromatic carbocycles. The Morgan fingerprint density at radius 2 is 1.94 bits per heavy atom. The van der Waals surface area contributed by atoms with Gasteiger partial charge in [0, 0.05) is 7.11 Å². The summed E-state index contributed by atoms with van der Waals surface area (Å²) in [5.41, 5.74) is 0. The molecule has 0 saturated carbocycles. The van der Waals surface area contributed by atoms with E-state index in [0.717, 1.165) is 6.07 Å². The lowest BCUT2D eigenvalue weighted by Crippen LogP contribution is -2.22. The topological polar surface area (TPSA) is 103 Å². The summed E-state index contributed by atoms with van der Waals surface area (Å²) in [6.45, 7) is -1.97. The molecule has 0 aromatic heterocycles. The Morgan fingerprint density at radius 3 is 2.22 bits per heavy atom. The second kappa shape index (κ2) is 5.99. The SMILES string of the molecule is COP(=O)(OCC(F)(F)F)C(C#N)OS(C)(=O)=O. The molecule has 0 rings (SSSR count). The highest BCUT2D eigenvalue weighted by Gasteiger charge is 2.42. The van der Waals surface area contributed by atoms with Gasteiger partial charge in [0.1, 0.15) is 6.07 Å². The van der Waals surface area contributed by atoms with Gasteiger partial charge in [0.15, 0.2) is 6.61 Å². The molecule has 7 nitrogen and oxygen atoms in total. The van der Waals surface area contributed by atoms with Crippen LogP contribution in [0.1, 0.15) is 0 Å². The minimum absolute atomic E-state index is 0.529. The van der Waals surface area contributed by atoms with E-state index in [2.05, 4.69) is 13.2 Å². The summed E-state index contributed by atoms with van der Waals surface area (Å²) >= 11 is 0. The second-order valence-electron chi connectivity index (χ2n) is 2.89. The molecule has 0 aliphatic rings. The molecule has 106 valence electrons. The summed E-state index contributed by atoms with van der Waals surface area (Å²) in [4.78, 5) is 0. The van der Waals surface area contributed by atoms with Crippen molar-refractivity contribution in [3.63, 3.8) is 0 Å². The zero-order chi connectivity index (χ0) is 14.6. The van der Waals surface area contributed by atoms with Crippen molar-refractivity contribution in [2.45, 2.75) is 12.0 Å². The number of alkyl halides is 3. The van der Waals surface area contributed by atoms with Crippen molar-refractivity contribution in [1.82, 2.24) is 0 Å². The zero-order valence-electron chi connectivity index (χ0n) is 9.17. The molecule has 12 heteroatoms. The van der Waals surface area contributed by atoms with Crippen LogP contribution in [0.4, 0.5) is 13.2 Å². The molecular formula is C6H9F3NO6PS. The van der Waals surface area contributed by atoms with E-state index in [-0.39, 0.29) is 0 Å². The average Bonchev–Trinajstić information content (AvgIpc) is 2.20. The maximum atomic E-state index is 11.9. The normalized spacial score (nSPS) is 17.8. The quantitative estimate of drug-likeness (QED) is 0.537. The van der Waals surface area contributed by atoms with Crippen LogP contribution in [0, 0.1) is 11.3 Å². The van der Waals surface area contributed by atoms with E-state index in [0.29, 0.717) is 13.4 Å². The molecule has 2 unspecified atom stereocenters. The van der Waals surface area contributed by atoms with Crippen LogP contribution in [0.15, 0.2) is 0 Å². The summed E-state index contributed by atoms with van der Waals surface area (Å²) in [5, 5.41) is 8.53. The number of nitriles is 1. The third kappa shape index (κ3) is 6.32. The third-order valence-corrected chi connectivity index (χ3v) is 3.80. The van der Waals surface area contributed by atoms with Gasteiger partial charge in [0.25, 0.3) is 16.0 Å². The number of hydrogen-bond donors (Lipinski definition) is 0. The highest BCUT2D eigenvalue weighted by Crippen LogP contribution is 2.53. The fraction of sp³-hybridized carbons (Fsp3) is 0.833. The fourth-order valence-corrected chi connectivity index (χ4v) is 2.85. The van der Waals surface area contributed by atoms with Gasteiger partial charge in [-0.05, 0) is 0 Å². The van der Waals surface area contributed by atoms with Gasteiger partial charge in [-0.25, -0.2) is 4.18 Å². The number of rotatable bonds is 6. The number of hydrogen-bond acceptors (Lipinski definition) is 7. The van der Waals surface area contributed by atoms with E-state index in [1.807, 2.05) is 0 Å². The van der Waals surface area contributed by atoms with E-state index in [1.165, 1.54) is 0 Å².